The number of nitrogens with zero attached hydrogens (tertiary/aromatic N) is 1. The summed E-state index contributed by atoms with van der Waals surface area (Å²) in [6, 6.07) is 19.1. The van der Waals surface area contributed by atoms with Crippen molar-refractivity contribution < 1.29 is 19.1 Å². The highest BCUT2D eigenvalue weighted by atomic mass is 16.3. The van der Waals surface area contributed by atoms with Gasteiger partial charge >= 0.3 is 0 Å². The smallest absolute Gasteiger partial charge is 0.222 e. The van der Waals surface area contributed by atoms with Crippen molar-refractivity contribution in [3.8, 4) is 5.75 Å². The zero-order valence-corrected chi connectivity index (χ0v) is 20.0. The molecule has 0 aliphatic carbocycles. The molecule has 3 aromatic carbocycles. The molecule has 1 aliphatic rings. The number of aromatic hydroxyl groups is 1. The molecular formula is C30H31NO4. The monoisotopic (exact) mass is 469 g/mol. The van der Waals surface area contributed by atoms with Crippen LogP contribution >= 0.6 is 0 Å². The lowest BCUT2D eigenvalue weighted by molar-refractivity contribution is -0.130. The van der Waals surface area contributed by atoms with Crippen LogP contribution in [0.5, 0.6) is 5.75 Å². The van der Waals surface area contributed by atoms with E-state index in [0.717, 1.165) is 59.8 Å². The van der Waals surface area contributed by atoms with Crippen molar-refractivity contribution in [2.24, 2.45) is 0 Å². The molecule has 180 valence electrons. The van der Waals surface area contributed by atoms with E-state index >= 15 is 0 Å². The van der Waals surface area contributed by atoms with E-state index in [9.17, 15) is 14.7 Å². The van der Waals surface area contributed by atoms with E-state index in [-0.39, 0.29) is 17.4 Å². The number of phenolic OH excluding ortho intramolecular Hbond substituents is 1. The van der Waals surface area contributed by atoms with Crippen LogP contribution in [0.3, 0.4) is 0 Å². The predicted molar refractivity (Wildman–Crippen MR) is 138 cm³/mol. The maximum Gasteiger partial charge on any atom is 0.222 e. The Hall–Kier alpha value is -3.60. The van der Waals surface area contributed by atoms with E-state index < -0.39 is 0 Å². The van der Waals surface area contributed by atoms with Crippen molar-refractivity contribution >= 4 is 33.6 Å². The first kappa shape index (κ1) is 23.2. The Kier molecular flexibility index (Phi) is 6.84. The lowest BCUT2D eigenvalue weighted by Gasteiger charge is -2.15. The summed E-state index contributed by atoms with van der Waals surface area (Å²) < 4.78 is 6.05. The van der Waals surface area contributed by atoms with Gasteiger partial charge in [-0.3, -0.25) is 9.59 Å². The average molecular weight is 470 g/mol. The molecule has 4 aromatic rings. The maximum atomic E-state index is 13.6. The van der Waals surface area contributed by atoms with Crippen molar-refractivity contribution in [2.75, 3.05) is 13.1 Å². The minimum atomic E-state index is 0.0862. The van der Waals surface area contributed by atoms with Gasteiger partial charge in [-0.05, 0) is 67.9 Å². The first-order chi connectivity index (χ1) is 17.1. The molecule has 1 aliphatic heterocycles. The lowest BCUT2D eigenvalue weighted by atomic mass is 9.91. The number of phenols is 1. The van der Waals surface area contributed by atoms with Crippen LogP contribution in [0.25, 0.3) is 21.9 Å². The summed E-state index contributed by atoms with van der Waals surface area (Å²) in [5.74, 6) is 0.571. The second-order valence-electron chi connectivity index (χ2n) is 9.42. The summed E-state index contributed by atoms with van der Waals surface area (Å²) >= 11 is 0. The van der Waals surface area contributed by atoms with E-state index in [2.05, 4.69) is 0 Å². The molecule has 35 heavy (non-hydrogen) atoms. The molecule has 1 aromatic heterocycles. The number of furan rings is 1. The predicted octanol–water partition coefficient (Wildman–Crippen LogP) is 6.44. The number of unbranched alkanes of at least 4 members (excludes halogenated alkanes) is 1. The second kappa shape index (κ2) is 10.3. The third-order valence-electron chi connectivity index (χ3n) is 7.07. The minimum absolute atomic E-state index is 0.0862. The molecule has 2 heterocycles. The van der Waals surface area contributed by atoms with Gasteiger partial charge in [-0.25, -0.2) is 0 Å². The number of likely N-dealkylation sites (tertiary alicyclic amines) is 1. The van der Waals surface area contributed by atoms with Gasteiger partial charge < -0.3 is 14.4 Å². The normalized spacial score (nSPS) is 13.7. The Morgan fingerprint density at radius 3 is 2.34 bits per heavy atom. The highest BCUT2D eigenvalue weighted by Crippen LogP contribution is 2.35. The van der Waals surface area contributed by atoms with Crippen LogP contribution in [-0.4, -0.2) is 34.8 Å². The molecule has 5 nitrogen and oxygen atoms in total. The van der Waals surface area contributed by atoms with Crippen molar-refractivity contribution in [1.29, 1.82) is 0 Å². The van der Waals surface area contributed by atoms with Crippen LogP contribution in [0.15, 0.2) is 65.1 Å². The number of aryl methyl sites for hydroxylation is 2. The standard InChI is InChI=1S/C30H31NO4/c32-24-11-3-1-9-21(24)15-16-22-17-18-27-30(23-10-2-5-13-26(23)35-27)29(22)25(33)12-4-6-14-28(34)31-19-7-8-20-31/h1-3,5,9-11,13,17-18,32H,4,6-8,12,14-16,19-20H2. The van der Waals surface area contributed by atoms with E-state index in [1.165, 1.54) is 0 Å². The fourth-order valence-electron chi connectivity index (χ4n) is 5.19. The van der Waals surface area contributed by atoms with Gasteiger partial charge in [0.2, 0.25) is 5.91 Å². The number of benzene rings is 3. The number of hydrogen-bond donors (Lipinski definition) is 1. The summed E-state index contributed by atoms with van der Waals surface area (Å²) in [5.41, 5.74) is 4.03. The molecule has 1 saturated heterocycles. The number of Topliss-reactive ketones (excluding diaryl/α,β-unsaturated/α-hetero) is 1. The topological polar surface area (TPSA) is 70.8 Å². The summed E-state index contributed by atoms with van der Waals surface area (Å²) in [6.45, 7) is 1.74. The van der Waals surface area contributed by atoms with Crippen LogP contribution < -0.4 is 0 Å². The number of rotatable bonds is 9. The van der Waals surface area contributed by atoms with Crippen LogP contribution in [0.4, 0.5) is 0 Å². The molecule has 5 heteroatoms. The first-order valence-corrected chi connectivity index (χ1v) is 12.6. The zero-order chi connectivity index (χ0) is 24.2. The molecule has 5 rings (SSSR count). The Morgan fingerprint density at radius 1 is 0.800 bits per heavy atom. The number of para-hydroxylation sites is 2. The number of ketones is 1. The zero-order valence-electron chi connectivity index (χ0n) is 20.0. The highest BCUT2D eigenvalue weighted by molar-refractivity contribution is 6.17. The van der Waals surface area contributed by atoms with Gasteiger partial charge in [0, 0.05) is 42.3 Å². The molecule has 0 unspecified atom stereocenters. The third kappa shape index (κ3) is 4.95. The molecule has 0 atom stereocenters. The molecule has 1 N–H and O–H groups in total. The molecule has 1 amide bonds. The van der Waals surface area contributed by atoms with Crippen molar-refractivity contribution in [1.82, 2.24) is 4.90 Å². The van der Waals surface area contributed by atoms with Crippen molar-refractivity contribution in [3.63, 3.8) is 0 Å². The number of carbonyl (C=O) groups excluding carboxylic acids is 2. The van der Waals surface area contributed by atoms with E-state index in [4.69, 9.17) is 4.42 Å². The third-order valence-corrected chi connectivity index (χ3v) is 7.07. The van der Waals surface area contributed by atoms with Gasteiger partial charge in [-0.15, -0.1) is 0 Å². The fourth-order valence-corrected chi connectivity index (χ4v) is 5.19. The fraction of sp³-hybridized carbons (Fsp3) is 0.333. The van der Waals surface area contributed by atoms with E-state index in [0.29, 0.717) is 43.3 Å². The quantitative estimate of drug-likeness (QED) is 0.226. The van der Waals surface area contributed by atoms with Gasteiger partial charge in [-0.1, -0.05) is 42.5 Å². The van der Waals surface area contributed by atoms with Gasteiger partial charge in [0.15, 0.2) is 5.78 Å². The maximum absolute atomic E-state index is 13.6. The summed E-state index contributed by atoms with van der Waals surface area (Å²) in [6.07, 6.45) is 5.77. The molecule has 0 spiro atoms. The Bertz CT molecular complexity index is 1360. The Morgan fingerprint density at radius 2 is 1.51 bits per heavy atom. The van der Waals surface area contributed by atoms with Crippen LogP contribution in [0, 0.1) is 0 Å². The Balaban J connectivity index is 1.38. The average Bonchev–Trinajstić information content (AvgIpc) is 3.54. The van der Waals surface area contributed by atoms with Crippen LogP contribution in [0.2, 0.25) is 0 Å². The molecule has 0 bridgehead atoms. The van der Waals surface area contributed by atoms with Crippen LogP contribution in [0.1, 0.15) is 60.0 Å². The molecular weight excluding hydrogens is 438 g/mol. The van der Waals surface area contributed by atoms with Crippen molar-refractivity contribution in [3.05, 3.63) is 77.4 Å². The van der Waals surface area contributed by atoms with Crippen molar-refractivity contribution in [2.45, 2.75) is 51.4 Å². The number of amides is 1. The number of carbonyl (C=O) groups is 2. The highest BCUT2D eigenvalue weighted by Gasteiger charge is 2.21. The largest absolute Gasteiger partial charge is 0.508 e. The van der Waals surface area contributed by atoms with Gasteiger partial charge in [-0.2, -0.15) is 0 Å². The van der Waals surface area contributed by atoms with E-state index in [1.807, 2.05) is 59.5 Å². The lowest BCUT2D eigenvalue weighted by Crippen LogP contribution is -2.27. The SMILES string of the molecule is O=C(CCCCC(=O)N1CCCC1)c1c(CCc2ccccc2O)ccc2oc3ccccc3c12. The molecule has 0 radical (unpaired) electrons. The first-order valence-electron chi connectivity index (χ1n) is 12.6. The number of fused-ring (bicyclic) bond motifs is 3. The Labute approximate surface area is 205 Å². The minimum Gasteiger partial charge on any atom is -0.508 e. The summed E-state index contributed by atoms with van der Waals surface area (Å²) in [5, 5.41) is 12.0. The number of hydrogen-bond acceptors (Lipinski definition) is 4. The summed E-state index contributed by atoms with van der Waals surface area (Å²) in [4.78, 5) is 27.9. The molecule has 0 saturated carbocycles. The second-order valence-corrected chi connectivity index (χ2v) is 9.42. The van der Waals surface area contributed by atoms with Gasteiger partial charge in [0.1, 0.15) is 16.9 Å². The molecule has 1 fully saturated rings. The van der Waals surface area contributed by atoms with E-state index in [1.54, 1.807) is 6.07 Å². The summed E-state index contributed by atoms with van der Waals surface area (Å²) in [7, 11) is 0. The van der Waals surface area contributed by atoms with Gasteiger partial charge in [0.05, 0.1) is 0 Å². The van der Waals surface area contributed by atoms with Gasteiger partial charge in [0.25, 0.3) is 0 Å². The van der Waals surface area contributed by atoms with Crippen LogP contribution in [-0.2, 0) is 17.6 Å².